The summed E-state index contributed by atoms with van der Waals surface area (Å²) in [6.45, 7) is 1.44. The highest BCUT2D eigenvalue weighted by Crippen LogP contribution is 2.25. The van der Waals surface area contributed by atoms with Crippen LogP contribution >= 0.6 is 11.6 Å². The smallest absolute Gasteiger partial charge is 0.252 e. The van der Waals surface area contributed by atoms with Crippen LogP contribution in [0, 0.1) is 0 Å². The third kappa shape index (κ3) is 4.79. The normalized spacial score (nSPS) is 15.6. The summed E-state index contributed by atoms with van der Waals surface area (Å²) >= 11 is 6.24. The van der Waals surface area contributed by atoms with Gasteiger partial charge in [0.15, 0.2) is 0 Å². The zero-order valence-corrected chi connectivity index (χ0v) is 18.8. The molecular formula is C23H26ClN3O3S. The number of sulfonamides is 1. The molecule has 1 fully saturated rings. The molecule has 1 saturated heterocycles. The fourth-order valence-corrected chi connectivity index (χ4v) is 5.76. The standard InChI is InChI=1S/C23H26ClN3O3S/c24-21-10-9-18(31(29,30)27-13-5-1-2-6-14-27)15-20(21)23(28)25-12-11-17-16-26-22-8-4-3-7-19(17)22/h3-4,7-10,15-16,26H,1-2,5-6,11-14H2,(H,25,28). The van der Waals surface area contributed by atoms with Gasteiger partial charge in [-0.15, -0.1) is 0 Å². The summed E-state index contributed by atoms with van der Waals surface area (Å²) in [6.07, 6.45) is 6.38. The topological polar surface area (TPSA) is 82.3 Å². The van der Waals surface area contributed by atoms with Crippen molar-refractivity contribution >= 4 is 38.4 Å². The van der Waals surface area contributed by atoms with E-state index >= 15 is 0 Å². The first kappa shape index (κ1) is 21.9. The van der Waals surface area contributed by atoms with Crippen molar-refractivity contribution in [1.82, 2.24) is 14.6 Å². The molecule has 6 nitrogen and oxygen atoms in total. The first-order chi connectivity index (χ1) is 15.0. The van der Waals surface area contributed by atoms with Gasteiger partial charge in [0.1, 0.15) is 0 Å². The van der Waals surface area contributed by atoms with Crippen molar-refractivity contribution in [3.8, 4) is 0 Å². The van der Waals surface area contributed by atoms with Crippen LogP contribution in [0.25, 0.3) is 10.9 Å². The van der Waals surface area contributed by atoms with Gasteiger partial charge in [-0.25, -0.2) is 8.42 Å². The summed E-state index contributed by atoms with van der Waals surface area (Å²) in [7, 11) is -3.65. The summed E-state index contributed by atoms with van der Waals surface area (Å²) < 4.78 is 27.7. The van der Waals surface area contributed by atoms with Crippen LogP contribution in [0.3, 0.4) is 0 Å². The number of carbonyl (C=O) groups excluding carboxylic acids is 1. The Balaban J connectivity index is 1.46. The van der Waals surface area contributed by atoms with Gasteiger partial charge in [-0.3, -0.25) is 4.79 Å². The first-order valence-corrected chi connectivity index (χ1v) is 12.4. The maximum absolute atomic E-state index is 13.1. The van der Waals surface area contributed by atoms with Crippen molar-refractivity contribution in [1.29, 1.82) is 0 Å². The Hall–Kier alpha value is -2.35. The number of halogens is 1. The molecule has 0 unspecified atom stereocenters. The van der Waals surface area contributed by atoms with Crippen LogP contribution in [0.2, 0.25) is 5.02 Å². The summed E-state index contributed by atoms with van der Waals surface area (Å²) in [5.41, 5.74) is 2.34. The number of nitrogens with one attached hydrogen (secondary N) is 2. The van der Waals surface area contributed by atoms with E-state index in [-0.39, 0.29) is 21.4 Å². The van der Waals surface area contributed by atoms with E-state index in [4.69, 9.17) is 11.6 Å². The quantitative estimate of drug-likeness (QED) is 0.574. The largest absolute Gasteiger partial charge is 0.361 e. The van der Waals surface area contributed by atoms with Crippen molar-refractivity contribution in [3.05, 3.63) is 64.8 Å². The monoisotopic (exact) mass is 459 g/mol. The fourth-order valence-electron chi connectivity index (χ4n) is 4.01. The van der Waals surface area contributed by atoms with E-state index in [1.54, 1.807) is 0 Å². The molecule has 2 heterocycles. The first-order valence-electron chi connectivity index (χ1n) is 10.6. The van der Waals surface area contributed by atoms with Gasteiger partial charge in [0.25, 0.3) is 5.91 Å². The Bertz CT molecular complexity index is 1180. The summed E-state index contributed by atoms with van der Waals surface area (Å²) in [6, 6.07) is 12.4. The van der Waals surface area contributed by atoms with Crippen LogP contribution in [0.1, 0.15) is 41.6 Å². The van der Waals surface area contributed by atoms with Gasteiger partial charge in [0, 0.05) is 36.7 Å². The minimum Gasteiger partial charge on any atom is -0.361 e. The van der Waals surface area contributed by atoms with Gasteiger partial charge in [-0.2, -0.15) is 4.31 Å². The lowest BCUT2D eigenvalue weighted by Crippen LogP contribution is -2.32. The van der Waals surface area contributed by atoms with E-state index in [1.807, 2.05) is 30.5 Å². The van der Waals surface area contributed by atoms with Crippen LogP contribution in [0.15, 0.2) is 53.6 Å². The van der Waals surface area contributed by atoms with Gasteiger partial charge in [0.05, 0.1) is 15.5 Å². The van der Waals surface area contributed by atoms with E-state index in [2.05, 4.69) is 10.3 Å². The molecular weight excluding hydrogens is 434 g/mol. The molecule has 0 aliphatic carbocycles. The number of carbonyl (C=O) groups is 1. The molecule has 8 heteroatoms. The highest BCUT2D eigenvalue weighted by Gasteiger charge is 2.26. The number of fused-ring (bicyclic) bond motifs is 1. The number of aromatic nitrogens is 1. The van der Waals surface area contributed by atoms with Crippen molar-refractivity contribution in [2.45, 2.75) is 37.0 Å². The van der Waals surface area contributed by atoms with E-state index in [9.17, 15) is 13.2 Å². The number of hydrogen-bond donors (Lipinski definition) is 2. The summed E-state index contributed by atoms with van der Waals surface area (Å²) in [4.78, 5) is 16.1. The van der Waals surface area contributed by atoms with Crippen LogP contribution in [0.4, 0.5) is 0 Å². The van der Waals surface area contributed by atoms with Crippen molar-refractivity contribution in [2.24, 2.45) is 0 Å². The molecule has 3 aromatic rings. The fraction of sp³-hybridized carbons (Fsp3) is 0.348. The van der Waals surface area contributed by atoms with Crippen LogP contribution in [-0.2, 0) is 16.4 Å². The number of amides is 1. The predicted octanol–water partition coefficient (Wildman–Crippen LogP) is 4.36. The van der Waals surface area contributed by atoms with E-state index in [1.165, 1.54) is 22.5 Å². The average Bonchev–Trinajstić information content (AvgIpc) is 2.97. The molecule has 2 N–H and O–H groups in total. The van der Waals surface area contributed by atoms with E-state index in [0.29, 0.717) is 26.1 Å². The third-order valence-electron chi connectivity index (χ3n) is 5.74. The molecule has 1 aliphatic rings. The van der Waals surface area contributed by atoms with Crippen LogP contribution in [0.5, 0.6) is 0 Å². The number of para-hydroxylation sites is 1. The van der Waals surface area contributed by atoms with E-state index in [0.717, 1.165) is 42.1 Å². The average molecular weight is 460 g/mol. The molecule has 4 rings (SSSR count). The predicted molar refractivity (Wildman–Crippen MR) is 123 cm³/mol. The Morgan fingerprint density at radius 3 is 2.58 bits per heavy atom. The number of hydrogen-bond acceptors (Lipinski definition) is 3. The second-order valence-corrected chi connectivity index (χ2v) is 10.2. The minimum absolute atomic E-state index is 0.112. The lowest BCUT2D eigenvalue weighted by Gasteiger charge is -2.20. The Morgan fingerprint density at radius 2 is 1.81 bits per heavy atom. The molecule has 1 aromatic heterocycles. The van der Waals surface area contributed by atoms with Crippen LogP contribution in [-0.4, -0.2) is 43.2 Å². The highest BCUT2D eigenvalue weighted by atomic mass is 35.5. The zero-order valence-electron chi connectivity index (χ0n) is 17.2. The van der Waals surface area contributed by atoms with Gasteiger partial charge in [0.2, 0.25) is 10.0 Å². The van der Waals surface area contributed by atoms with Crippen molar-refractivity contribution < 1.29 is 13.2 Å². The van der Waals surface area contributed by atoms with Gasteiger partial charge < -0.3 is 10.3 Å². The highest BCUT2D eigenvalue weighted by molar-refractivity contribution is 7.89. The number of rotatable bonds is 6. The molecule has 0 radical (unpaired) electrons. The van der Waals surface area contributed by atoms with Crippen LogP contribution < -0.4 is 5.32 Å². The van der Waals surface area contributed by atoms with Gasteiger partial charge in [-0.1, -0.05) is 42.6 Å². The number of benzene rings is 2. The lowest BCUT2D eigenvalue weighted by atomic mass is 10.1. The minimum atomic E-state index is -3.65. The summed E-state index contributed by atoms with van der Waals surface area (Å²) in [5, 5.41) is 4.23. The second-order valence-electron chi connectivity index (χ2n) is 7.83. The molecule has 0 saturated carbocycles. The molecule has 0 spiro atoms. The van der Waals surface area contributed by atoms with Gasteiger partial charge in [-0.05, 0) is 49.1 Å². The number of nitrogens with zero attached hydrogens (tertiary/aromatic N) is 1. The molecule has 1 amide bonds. The van der Waals surface area contributed by atoms with Crippen molar-refractivity contribution in [3.63, 3.8) is 0 Å². The molecule has 0 atom stereocenters. The molecule has 164 valence electrons. The maximum atomic E-state index is 13.1. The molecule has 1 aliphatic heterocycles. The Labute approximate surface area is 187 Å². The van der Waals surface area contributed by atoms with Crippen molar-refractivity contribution in [2.75, 3.05) is 19.6 Å². The van der Waals surface area contributed by atoms with E-state index < -0.39 is 10.0 Å². The second kappa shape index (κ2) is 9.42. The summed E-state index contributed by atoms with van der Waals surface area (Å²) in [5.74, 6) is -0.377. The molecule has 0 bridgehead atoms. The maximum Gasteiger partial charge on any atom is 0.252 e. The lowest BCUT2D eigenvalue weighted by molar-refractivity contribution is 0.0954. The van der Waals surface area contributed by atoms with Gasteiger partial charge >= 0.3 is 0 Å². The number of H-pyrrole nitrogens is 1. The Kier molecular flexibility index (Phi) is 6.65. The zero-order chi connectivity index (χ0) is 21.8. The molecule has 2 aromatic carbocycles. The third-order valence-corrected chi connectivity index (χ3v) is 7.96. The SMILES string of the molecule is O=C(NCCc1c[nH]c2ccccc12)c1cc(S(=O)(=O)N2CCCCCC2)ccc1Cl. The number of aromatic amines is 1. The molecule has 31 heavy (non-hydrogen) atoms. The Morgan fingerprint density at radius 1 is 1.06 bits per heavy atom.